The fourth-order valence-corrected chi connectivity index (χ4v) is 2.46. The van der Waals surface area contributed by atoms with Gasteiger partial charge in [-0.15, -0.1) is 0 Å². The number of aryl methyl sites for hydroxylation is 1. The number of aromatic nitrogens is 2. The largest absolute Gasteiger partial charge is 0.497 e. The minimum Gasteiger partial charge on any atom is -0.497 e. The van der Waals surface area contributed by atoms with Crippen LogP contribution in [0.1, 0.15) is 12.7 Å². The number of hydrogen-bond acceptors (Lipinski definition) is 7. The maximum Gasteiger partial charge on any atom is 0.262 e. The monoisotopic (exact) mass is 383 g/mol. The summed E-state index contributed by atoms with van der Waals surface area (Å²) in [5.41, 5.74) is 1.29. The zero-order valence-electron chi connectivity index (χ0n) is 15.9. The van der Waals surface area contributed by atoms with Crippen LogP contribution in [-0.2, 0) is 11.2 Å². The molecule has 0 saturated heterocycles. The number of anilines is 1. The van der Waals surface area contributed by atoms with Gasteiger partial charge in [0.2, 0.25) is 0 Å². The molecule has 1 N–H and O–H groups in total. The first-order valence-electron chi connectivity index (χ1n) is 8.70. The fourth-order valence-electron chi connectivity index (χ4n) is 2.46. The maximum atomic E-state index is 12.2. The lowest BCUT2D eigenvalue weighted by Crippen LogP contribution is -2.20. The van der Waals surface area contributed by atoms with E-state index in [0.717, 1.165) is 5.56 Å². The molecule has 0 aliphatic heterocycles. The smallest absolute Gasteiger partial charge is 0.262 e. The van der Waals surface area contributed by atoms with E-state index < -0.39 is 0 Å². The SMILES string of the molecule is CCc1noc(-c2ccc(OCC(=O)Nc3cc(OC)ccc3OC)cc2)n1. The van der Waals surface area contributed by atoms with Crippen LogP contribution >= 0.6 is 0 Å². The average molecular weight is 383 g/mol. The molecule has 1 amide bonds. The molecule has 0 aliphatic carbocycles. The molecule has 0 unspecified atom stereocenters. The molecule has 0 saturated carbocycles. The molecule has 28 heavy (non-hydrogen) atoms. The Morgan fingerprint density at radius 1 is 1.07 bits per heavy atom. The van der Waals surface area contributed by atoms with Crippen LogP contribution in [0.4, 0.5) is 5.69 Å². The number of benzene rings is 2. The molecule has 0 fully saturated rings. The highest BCUT2D eigenvalue weighted by Gasteiger charge is 2.11. The Bertz CT molecular complexity index is 937. The Hall–Kier alpha value is -3.55. The first kappa shape index (κ1) is 19.2. The topological polar surface area (TPSA) is 95.7 Å². The number of ether oxygens (including phenoxy) is 3. The third kappa shape index (κ3) is 4.59. The maximum absolute atomic E-state index is 12.2. The number of amides is 1. The number of carbonyl (C=O) groups excluding carboxylic acids is 1. The van der Waals surface area contributed by atoms with Crippen LogP contribution in [0.25, 0.3) is 11.5 Å². The summed E-state index contributed by atoms with van der Waals surface area (Å²) in [7, 11) is 3.08. The highest BCUT2D eigenvalue weighted by Crippen LogP contribution is 2.29. The second-order valence-corrected chi connectivity index (χ2v) is 5.80. The third-order valence-electron chi connectivity index (χ3n) is 3.94. The lowest BCUT2D eigenvalue weighted by Gasteiger charge is -2.12. The summed E-state index contributed by atoms with van der Waals surface area (Å²) in [6, 6.07) is 12.2. The molecule has 1 heterocycles. The molecular formula is C20H21N3O5. The Morgan fingerprint density at radius 2 is 1.82 bits per heavy atom. The van der Waals surface area contributed by atoms with E-state index in [9.17, 15) is 4.79 Å². The fraction of sp³-hybridized carbons (Fsp3) is 0.250. The number of hydrogen-bond donors (Lipinski definition) is 1. The Morgan fingerprint density at radius 3 is 2.46 bits per heavy atom. The van der Waals surface area contributed by atoms with E-state index in [0.29, 0.717) is 41.1 Å². The van der Waals surface area contributed by atoms with Crippen molar-refractivity contribution >= 4 is 11.6 Å². The van der Waals surface area contributed by atoms with Crippen molar-refractivity contribution < 1.29 is 23.5 Å². The van der Waals surface area contributed by atoms with Crippen molar-refractivity contribution in [3.05, 3.63) is 48.3 Å². The molecule has 0 atom stereocenters. The lowest BCUT2D eigenvalue weighted by atomic mass is 10.2. The van der Waals surface area contributed by atoms with Gasteiger partial charge in [-0.05, 0) is 36.4 Å². The molecule has 3 rings (SSSR count). The van der Waals surface area contributed by atoms with Crippen LogP contribution in [0.5, 0.6) is 17.2 Å². The van der Waals surface area contributed by atoms with Crippen molar-refractivity contribution in [2.24, 2.45) is 0 Å². The third-order valence-corrected chi connectivity index (χ3v) is 3.94. The Kier molecular flexibility index (Phi) is 6.11. The lowest BCUT2D eigenvalue weighted by molar-refractivity contribution is -0.118. The first-order chi connectivity index (χ1) is 13.6. The summed E-state index contributed by atoms with van der Waals surface area (Å²) in [6.45, 7) is 1.80. The van der Waals surface area contributed by atoms with Crippen molar-refractivity contribution in [2.45, 2.75) is 13.3 Å². The zero-order valence-corrected chi connectivity index (χ0v) is 15.9. The van der Waals surface area contributed by atoms with E-state index in [4.69, 9.17) is 18.7 Å². The van der Waals surface area contributed by atoms with Crippen molar-refractivity contribution in [1.29, 1.82) is 0 Å². The highest BCUT2D eigenvalue weighted by atomic mass is 16.5. The van der Waals surface area contributed by atoms with Gasteiger partial charge >= 0.3 is 0 Å². The number of nitrogens with one attached hydrogen (secondary N) is 1. The molecule has 3 aromatic rings. The van der Waals surface area contributed by atoms with Crippen molar-refractivity contribution in [1.82, 2.24) is 10.1 Å². The van der Waals surface area contributed by atoms with Gasteiger partial charge in [-0.1, -0.05) is 12.1 Å². The van der Waals surface area contributed by atoms with Gasteiger partial charge in [0.1, 0.15) is 17.2 Å². The molecule has 1 aromatic heterocycles. The second kappa shape index (κ2) is 8.90. The van der Waals surface area contributed by atoms with Gasteiger partial charge < -0.3 is 24.1 Å². The van der Waals surface area contributed by atoms with Crippen molar-refractivity contribution in [3.63, 3.8) is 0 Å². The number of methoxy groups -OCH3 is 2. The summed E-state index contributed by atoms with van der Waals surface area (Å²) in [6.07, 6.45) is 0.706. The van der Waals surface area contributed by atoms with Crippen LogP contribution < -0.4 is 19.5 Å². The van der Waals surface area contributed by atoms with Crippen molar-refractivity contribution in [3.8, 4) is 28.7 Å². The molecule has 0 spiro atoms. The van der Waals surface area contributed by atoms with Gasteiger partial charge in [0.15, 0.2) is 12.4 Å². The molecular weight excluding hydrogens is 362 g/mol. The first-order valence-corrected chi connectivity index (χ1v) is 8.70. The van der Waals surface area contributed by atoms with Gasteiger partial charge in [-0.2, -0.15) is 4.98 Å². The predicted molar refractivity (Wildman–Crippen MR) is 103 cm³/mol. The Labute approximate surface area is 162 Å². The summed E-state index contributed by atoms with van der Waals surface area (Å²) in [5, 5.41) is 6.62. The van der Waals surface area contributed by atoms with Crippen LogP contribution in [-0.4, -0.2) is 36.9 Å². The molecule has 8 heteroatoms. The summed E-state index contributed by atoms with van der Waals surface area (Å²) >= 11 is 0. The van der Waals surface area contributed by atoms with E-state index in [1.807, 2.05) is 6.92 Å². The molecule has 8 nitrogen and oxygen atoms in total. The van der Waals surface area contributed by atoms with E-state index in [2.05, 4.69) is 15.5 Å². The number of carbonyl (C=O) groups is 1. The van der Waals surface area contributed by atoms with Crippen LogP contribution in [0, 0.1) is 0 Å². The zero-order chi connectivity index (χ0) is 19.9. The summed E-state index contributed by atoms with van der Waals surface area (Å²) in [5.74, 6) is 2.47. The highest BCUT2D eigenvalue weighted by molar-refractivity contribution is 5.93. The molecule has 2 aromatic carbocycles. The summed E-state index contributed by atoms with van der Waals surface area (Å²) in [4.78, 5) is 16.5. The van der Waals surface area contributed by atoms with Crippen LogP contribution in [0.3, 0.4) is 0 Å². The average Bonchev–Trinajstić information content (AvgIpc) is 3.22. The second-order valence-electron chi connectivity index (χ2n) is 5.80. The van der Waals surface area contributed by atoms with Crippen molar-refractivity contribution in [2.75, 3.05) is 26.1 Å². The number of nitrogens with zero attached hydrogens (tertiary/aromatic N) is 2. The predicted octanol–water partition coefficient (Wildman–Crippen LogP) is 3.33. The quantitative estimate of drug-likeness (QED) is 0.637. The van der Waals surface area contributed by atoms with Gasteiger partial charge in [0.25, 0.3) is 11.8 Å². The minimum absolute atomic E-state index is 0.153. The van der Waals surface area contributed by atoms with E-state index in [1.54, 1.807) is 49.6 Å². The molecule has 0 bridgehead atoms. The normalized spacial score (nSPS) is 10.4. The van der Waals surface area contributed by atoms with E-state index >= 15 is 0 Å². The van der Waals surface area contributed by atoms with Gasteiger partial charge in [0.05, 0.1) is 19.9 Å². The van der Waals surface area contributed by atoms with Gasteiger partial charge in [0, 0.05) is 18.1 Å². The van der Waals surface area contributed by atoms with Crippen LogP contribution in [0.15, 0.2) is 47.0 Å². The van der Waals surface area contributed by atoms with Gasteiger partial charge in [-0.25, -0.2) is 0 Å². The molecule has 0 radical (unpaired) electrons. The Balaban J connectivity index is 1.59. The standard InChI is InChI=1S/C20H21N3O5/c1-4-18-22-20(28-23-18)13-5-7-14(8-6-13)27-12-19(24)21-16-11-15(25-2)9-10-17(16)26-3/h5-11H,4,12H2,1-3H3,(H,21,24). The molecule has 0 aliphatic rings. The minimum atomic E-state index is -0.319. The summed E-state index contributed by atoms with van der Waals surface area (Å²) < 4.78 is 21.1. The molecule has 146 valence electrons. The number of rotatable bonds is 8. The van der Waals surface area contributed by atoms with Gasteiger partial charge in [-0.3, -0.25) is 4.79 Å². The van der Waals surface area contributed by atoms with E-state index in [-0.39, 0.29) is 12.5 Å². The van der Waals surface area contributed by atoms with Crippen LogP contribution in [0.2, 0.25) is 0 Å². The van der Waals surface area contributed by atoms with E-state index in [1.165, 1.54) is 7.11 Å².